The van der Waals surface area contributed by atoms with Crippen LogP contribution in [0.4, 0.5) is 0 Å². The maximum Gasteiger partial charge on any atom is 0.102 e. The van der Waals surface area contributed by atoms with E-state index in [4.69, 9.17) is 0 Å². The first kappa shape index (κ1) is 9.74. The van der Waals surface area contributed by atoms with Gasteiger partial charge in [0, 0.05) is 18.8 Å². The number of allylic oxidation sites excluding steroid dienone is 3. The Morgan fingerprint density at radius 1 is 1.36 bits per heavy atom. The van der Waals surface area contributed by atoms with Crippen molar-refractivity contribution < 1.29 is 0 Å². The first-order valence-corrected chi connectivity index (χ1v) is 5.25. The van der Waals surface area contributed by atoms with E-state index in [1.54, 1.807) is 0 Å². The van der Waals surface area contributed by atoms with Crippen molar-refractivity contribution in [2.75, 3.05) is 19.8 Å². The average Bonchev–Trinajstić information content (AvgIpc) is 2.64. The van der Waals surface area contributed by atoms with Crippen molar-refractivity contribution in [3.8, 4) is 0 Å². The maximum absolute atomic E-state index is 3.56. The Balaban J connectivity index is 2.12. The summed E-state index contributed by atoms with van der Waals surface area (Å²) >= 11 is 0. The average molecular weight is 193 g/mol. The zero-order chi connectivity index (χ0) is 10.1. The van der Waals surface area contributed by atoms with E-state index in [0.717, 1.165) is 19.8 Å². The van der Waals surface area contributed by atoms with Crippen molar-refractivity contribution in [3.63, 3.8) is 0 Å². The first-order valence-electron chi connectivity index (χ1n) is 5.25. The molecule has 78 valence electrons. The second-order valence-electron chi connectivity index (χ2n) is 4.21. The molecule has 0 radical (unpaired) electrons. The van der Waals surface area contributed by atoms with Crippen LogP contribution in [0.1, 0.15) is 20.8 Å². The van der Waals surface area contributed by atoms with Gasteiger partial charge in [0.2, 0.25) is 0 Å². The highest BCUT2D eigenvalue weighted by atomic mass is 15.4. The topological polar surface area (TPSA) is 27.3 Å². The van der Waals surface area contributed by atoms with Gasteiger partial charge in [-0.15, -0.1) is 0 Å². The minimum absolute atomic E-state index is 0.397. The number of hydrogen-bond acceptors (Lipinski definition) is 3. The summed E-state index contributed by atoms with van der Waals surface area (Å²) in [4.78, 5) is 2.43. The monoisotopic (exact) mass is 193 g/mol. The van der Waals surface area contributed by atoms with Crippen molar-refractivity contribution in [2.24, 2.45) is 0 Å². The SMILES string of the molecule is CC1=CC(C)=C(C)NC1N1CCNC1. The molecule has 1 unspecified atom stereocenters. The van der Waals surface area contributed by atoms with E-state index in [2.05, 4.69) is 42.4 Å². The zero-order valence-corrected chi connectivity index (χ0v) is 9.22. The molecule has 1 atom stereocenters. The van der Waals surface area contributed by atoms with Gasteiger partial charge < -0.3 is 10.6 Å². The predicted octanol–water partition coefficient (Wildman–Crippen LogP) is 1.02. The van der Waals surface area contributed by atoms with Gasteiger partial charge >= 0.3 is 0 Å². The molecule has 2 rings (SSSR count). The van der Waals surface area contributed by atoms with Gasteiger partial charge in [0.15, 0.2) is 0 Å². The minimum atomic E-state index is 0.397. The third-order valence-corrected chi connectivity index (χ3v) is 3.08. The van der Waals surface area contributed by atoms with Crippen LogP contribution in [-0.2, 0) is 0 Å². The number of nitrogens with one attached hydrogen (secondary N) is 2. The van der Waals surface area contributed by atoms with Crippen LogP contribution in [0.5, 0.6) is 0 Å². The lowest BCUT2D eigenvalue weighted by molar-refractivity contribution is 0.242. The number of rotatable bonds is 1. The molecule has 3 heteroatoms. The summed E-state index contributed by atoms with van der Waals surface area (Å²) in [5.41, 5.74) is 4.07. The molecule has 2 aliphatic rings. The van der Waals surface area contributed by atoms with Gasteiger partial charge in [-0.25, -0.2) is 0 Å². The Morgan fingerprint density at radius 2 is 2.14 bits per heavy atom. The molecule has 0 amide bonds. The summed E-state index contributed by atoms with van der Waals surface area (Å²) < 4.78 is 0. The standard InChI is InChI=1S/C11H19N3/c1-8-6-9(2)11(13-10(8)3)14-5-4-12-7-14/h6,11-13H,4-5,7H2,1-3H3. The molecule has 3 nitrogen and oxygen atoms in total. The summed E-state index contributed by atoms with van der Waals surface area (Å²) in [5.74, 6) is 0. The lowest BCUT2D eigenvalue weighted by Crippen LogP contribution is -2.46. The summed E-state index contributed by atoms with van der Waals surface area (Å²) in [5, 5.41) is 6.91. The Morgan fingerprint density at radius 3 is 2.79 bits per heavy atom. The van der Waals surface area contributed by atoms with Gasteiger partial charge in [-0.2, -0.15) is 0 Å². The Hall–Kier alpha value is -0.800. The number of hydrogen-bond donors (Lipinski definition) is 2. The van der Waals surface area contributed by atoms with E-state index in [-0.39, 0.29) is 0 Å². The molecule has 1 saturated heterocycles. The van der Waals surface area contributed by atoms with Crippen LogP contribution in [0.15, 0.2) is 22.9 Å². The quantitative estimate of drug-likeness (QED) is 0.651. The fraction of sp³-hybridized carbons (Fsp3) is 0.636. The Labute approximate surface area is 85.9 Å². The van der Waals surface area contributed by atoms with Crippen molar-refractivity contribution in [3.05, 3.63) is 22.9 Å². The fourth-order valence-corrected chi connectivity index (χ4v) is 2.09. The van der Waals surface area contributed by atoms with Crippen LogP contribution in [0.2, 0.25) is 0 Å². The third kappa shape index (κ3) is 1.70. The van der Waals surface area contributed by atoms with Crippen molar-refractivity contribution in [2.45, 2.75) is 26.9 Å². The van der Waals surface area contributed by atoms with Crippen LogP contribution in [0.25, 0.3) is 0 Å². The predicted molar refractivity (Wildman–Crippen MR) is 58.6 cm³/mol. The minimum Gasteiger partial charge on any atom is -0.369 e. The Kier molecular flexibility index (Phi) is 2.61. The van der Waals surface area contributed by atoms with Crippen molar-refractivity contribution in [1.82, 2.24) is 15.5 Å². The number of dihydropyridines is 1. The number of nitrogens with zero attached hydrogens (tertiary/aromatic N) is 1. The van der Waals surface area contributed by atoms with Gasteiger partial charge in [0.1, 0.15) is 6.17 Å². The van der Waals surface area contributed by atoms with Crippen molar-refractivity contribution in [1.29, 1.82) is 0 Å². The van der Waals surface area contributed by atoms with Gasteiger partial charge in [-0.05, 0) is 31.9 Å². The molecule has 0 aromatic rings. The van der Waals surface area contributed by atoms with Crippen LogP contribution in [0, 0.1) is 0 Å². The van der Waals surface area contributed by atoms with E-state index in [9.17, 15) is 0 Å². The molecular weight excluding hydrogens is 174 g/mol. The lowest BCUT2D eigenvalue weighted by Gasteiger charge is -2.33. The van der Waals surface area contributed by atoms with Gasteiger partial charge in [-0.1, -0.05) is 6.08 Å². The van der Waals surface area contributed by atoms with Crippen LogP contribution in [-0.4, -0.2) is 30.8 Å². The normalized spacial score (nSPS) is 29.1. The van der Waals surface area contributed by atoms with E-state index in [1.165, 1.54) is 16.8 Å². The molecule has 0 aliphatic carbocycles. The molecular formula is C11H19N3. The molecule has 0 saturated carbocycles. The summed E-state index contributed by atoms with van der Waals surface area (Å²) in [6.07, 6.45) is 2.68. The molecule has 0 aromatic heterocycles. The molecule has 2 heterocycles. The molecule has 0 aromatic carbocycles. The van der Waals surface area contributed by atoms with E-state index >= 15 is 0 Å². The Bertz CT molecular complexity index is 285. The summed E-state index contributed by atoms with van der Waals surface area (Å²) in [6, 6.07) is 0. The highest BCUT2D eigenvalue weighted by molar-refractivity contribution is 5.32. The van der Waals surface area contributed by atoms with Crippen LogP contribution < -0.4 is 10.6 Å². The fourth-order valence-electron chi connectivity index (χ4n) is 2.09. The molecule has 0 bridgehead atoms. The summed E-state index contributed by atoms with van der Waals surface area (Å²) in [7, 11) is 0. The highest BCUT2D eigenvalue weighted by Gasteiger charge is 2.24. The second-order valence-corrected chi connectivity index (χ2v) is 4.21. The highest BCUT2D eigenvalue weighted by Crippen LogP contribution is 2.19. The molecule has 2 N–H and O–H groups in total. The van der Waals surface area contributed by atoms with Gasteiger partial charge in [-0.3, -0.25) is 4.90 Å². The largest absolute Gasteiger partial charge is 0.369 e. The molecule has 0 spiro atoms. The zero-order valence-electron chi connectivity index (χ0n) is 9.22. The lowest BCUT2D eigenvalue weighted by atomic mass is 10.0. The summed E-state index contributed by atoms with van der Waals surface area (Å²) in [6.45, 7) is 9.74. The molecule has 14 heavy (non-hydrogen) atoms. The molecule has 2 aliphatic heterocycles. The second kappa shape index (κ2) is 3.75. The third-order valence-electron chi connectivity index (χ3n) is 3.08. The first-order chi connectivity index (χ1) is 6.68. The van der Waals surface area contributed by atoms with Gasteiger partial charge in [0.25, 0.3) is 0 Å². The molecule has 1 fully saturated rings. The van der Waals surface area contributed by atoms with Crippen LogP contribution in [0.3, 0.4) is 0 Å². The van der Waals surface area contributed by atoms with Gasteiger partial charge in [0.05, 0.1) is 6.67 Å². The van der Waals surface area contributed by atoms with Crippen LogP contribution >= 0.6 is 0 Å². The van der Waals surface area contributed by atoms with Crippen molar-refractivity contribution >= 4 is 0 Å². The van der Waals surface area contributed by atoms with E-state index in [1.807, 2.05) is 0 Å². The maximum atomic E-state index is 3.56. The smallest absolute Gasteiger partial charge is 0.102 e. The van der Waals surface area contributed by atoms with E-state index in [0.29, 0.717) is 6.17 Å². The van der Waals surface area contributed by atoms with E-state index < -0.39 is 0 Å².